The molecule has 1 fully saturated rings. The zero-order valence-electron chi connectivity index (χ0n) is 7.98. The molecule has 0 spiro atoms. The van der Waals surface area contributed by atoms with E-state index in [9.17, 15) is 0 Å². The molecule has 1 aliphatic carbocycles. The maximum atomic E-state index is 8.84. The molecule has 0 aliphatic heterocycles. The number of aliphatic hydroxyl groups is 1. The molecule has 1 aromatic heterocycles. The third-order valence-corrected chi connectivity index (χ3v) is 2.78. The number of rotatable bonds is 4. The summed E-state index contributed by atoms with van der Waals surface area (Å²) < 4.78 is 1.97. The summed E-state index contributed by atoms with van der Waals surface area (Å²) in [6.45, 7) is 0.839. The zero-order chi connectivity index (χ0) is 10.0. The number of nitriles is 1. The predicted molar refractivity (Wildman–Crippen MR) is 50.0 cm³/mol. The number of aliphatic hydroxyl groups excluding tert-OH is 1. The molecule has 2 rings (SSSR count). The standard InChI is InChI=1S/C10H13N3O/c11-4-3-10(1-2-10)7-13-5-9(6-14)12-8-13/h5,8,14H,1-3,6-7H2. The van der Waals surface area contributed by atoms with Gasteiger partial charge >= 0.3 is 0 Å². The SMILES string of the molecule is N#CCC1(Cn2cnc(CO)c2)CC1. The molecule has 0 aromatic carbocycles. The van der Waals surface area contributed by atoms with Gasteiger partial charge in [0.25, 0.3) is 0 Å². The van der Waals surface area contributed by atoms with Crippen molar-refractivity contribution in [3.63, 3.8) is 0 Å². The molecule has 1 saturated carbocycles. The second-order valence-corrected chi connectivity index (χ2v) is 4.03. The van der Waals surface area contributed by atoms with Gasteiger partial charge in [-0.05, 0) is 12.8 Å². The highest BCUT2D eigenvalue weighted by Gasteiger charge is 2.42. The van der Waals surface area contributed by atoms with Crippen molar-refractivity contribution in [2.45, 2.75) is 32.4 Å². The zero-order valence-corrected chi connectivity index (χ0v) is 7.98. The van der Waals surface area contributed by atoms with E-state index in [0.29, 0.717) is 12.1 Å². The van der Waals surface area contributed by atoms with Gasteiger partial charge in [0, 0.05) is 24.6 Å². The van der Waals surface area contributed by atoms with Gasteiger partial charge < -0.3 is 9.67 Å². The van der Waals surface area contributed by atoms with Gasteiger partial charge in [-0.15, -0.1) is 0 Å². The van der Waals surface area contributed by atoms with Crippen LogP contribution < -0.4 is 0 Å². The van der Waals surface area contributed by atoms with Crippen molar-refractivity contribution in [2.24, 2.45) is 5.41 Å². The summed E-state index contributed by atoms with van der Waals surface area (Å²) in [5.41, 5.74) is 0.889. The van der Waals surface area contributed by atoms with Crippen LogP contribution in [0.2, 0.25) is 0 Å². The fraction of sp³-hybridized carbons (Fsp3) is 0.600. The molecule has 1 aromatic rings. The summed E-state index contributed by atoms with van der Waals surface area (Å²) in [6.07, 6.45) is 6.46. The molecule has 4 heteroatoms. The van der Waals surface area contributed by atoms with E-state index in [0.717, 1.165) is 19.4 Å². The van der Waals surface area contributed by atoms with Crippen LogP contribution in [0.25, 0.3) is 0 Å². The van der Waals surface area contributed by atoms with Crippen LogP contribution >= 0.6 is 0 Å². The first-order chi connectivity index (χ1) is 6.78. The van der Waals surface area contributed by atoms with Gasteiger partial charge in [0.2, 0.25) is 0 Å². The predicted octanol–water partition coefficient (Wildman–Crippen LogP) is 1.07. The van der Waals surface area contributed by atoms with Crippen molar-refractivity contribution in [1.82, 2.24) is 9.55 Å². The van der Waals surface area contributed by atoms with Crippen molar-refractivity contribution in [3.8, 4) is 6.07 Å². The fourth-order valence-electron chi connectivity index (χ4n) is 1.70. The molecule has 0 atom stereocenters. The van der Waals surface area contributed by atoms with E-state index in [-0.39, 0.29) is 12.0 Å². The van der Waals surface area contributed by atoms with E-state index >= 15 is 0 Å². The third kappa shape index (κ3) is 1.78. The van der Waals surface area contributed by atoms with Gasteiger partial charge in [-0.25, -0.2) is 4.98 Å². The first-order valence-corrected chi connectivity index (χ1v) is 4.76. The van der Waals surface area contributed by atoms with Crippen LogP contribution in [0, 0.1) is 16.7 Å². The molecule has 0 bridgehead atoms. The van der Waals surface area contributed by atoms with Gasteiger partial charge in [0.1, 0.15) is 0 Å². The average molecular weight is 191 g/mol. The number of hydrogen-bond donors (Lipinski definition) is 1. The third-order valence-electron chi connectivity index (χ3n) is 2.78. The lowest BCUT2D eigenvalue weighted by Crippen LogP contribution is -2.09. The highest BCUT2D eigenvalue weighted by molar-refractivity contribution is 5.02. The lowest BCUT2D eigenvalue weighted by atomic mass is 10.0. The molecule has 1 N–H and O–H groups in total. The Labute approximate surface area is 82.8 Å². The van der Waals surface area contributed by atoms with Crippen molar-refractivity contribution < 1.29 is 5.11 Å². The maximum absolute atomic E-state index is 8.84. The van der Waals surface area contributed by atoms with Gasteiger partial charge in [-0.3, -0.25) is 0 Å². The second-order valence-electron chi connectivity index (χ2n) is 4.03. The number of hydrogen-bond acceptors (Lipinski definition) is 3. The minimum atomic E-state index is -0.0156. The Morgan fingerprint density at radius 1 is 1.64 bits per heavy atom. The Kier molecular flexibility index (Phi) is 2.26. The van der Waals surface area contributed by atoms with Gasteiger partial charge in [-0.2, -0.15) is 5.26 Å². The number of imidazole rings is 1. The molecule has 0 saturated heterocycles. The van der Waals surface area contributed by atoms with Crippen LogP contribution in [0.5, 0.6) is 0 Å². The molecule has 4 nitrogen and oxygen atoms in total. The maximum Gasteiger partial charge on any atom is 0.0950 e. The van der Waals surface area contributed by atoms with Gasteiger partial charge in [0.15, 0.2) is 0 Å². The first kappa shape index (κ1) is 9.22. The Morgan fingerprint density at radius 2 is 2.43 bits per heavy atom. The van der Waals surface area contributed by atoms with Crippen LogP contribution in [-0.4, -0.2) is 14.7 Å². The monoisotopic (exact) mass is 191 g/mol. The summed E-state index contributed by atoms with van der Waals surface area (Å²) >= 11 is 0. The minimum Gasteiger partial charge on any atom is -0.390 e. The van der Waals surface area contributed by atoms with Crippen LogP contribution in [0.15, 0.2) is 12.5 Å². The van der Waals surface area contributed by atoms with E-state index < -0.39 is 0 Å². The lowest BCUT2D eigenvalue weighted by molar-refractivity contribution is 0.277. The average Bonchev–Trinajstić information content (AvgIpc) is 2.78. The fourth-order valence-corrected chi connectivity index (χ4v) is 1.70. The van der Waals surface area contributed by atoms with E-state index in [1.807, 2.05) is 10.8 Å². The molecule has 0 amide bonds. The summed E-state index contributed by atoms with van der Waals surface area (Å²) in [7, 11) is 0. The molecule has 1 aliphatic rings. The first-order valence-electron chi connectivity index (χ1n) is 4.76. The number of aromatic nitrogens is 2. The summed E-state index contributed by atoms with van der Waals surface area (Å²) in [5.74, 6) is 0. The highest BCUT2D eigenvalue weighted by atomic mass is 16.3. The van der Waals surface area contributed by atoms with Crippen LogP contribution in [0.4, 0.5) is 0 Å². The Morgan fingerprint density at radius 3 is 2.93 bits per heavy atom. The van der Waals surface area contributed by atoms with Gasteiger partial charge in [0.05, 0.1) is 24.7 Å². The lowest BCUT2D eigenvalue weighted by Gasteiger charge is -2.10. The summed E-state index contributed by atoms with van der Waals surface area (Å²) in [5, 5.41) is 17.5. The van der Waals surface area contributed by atoms with Crippen molar-refractivity contribution in [2.75, 3.05) is 0 Å². The van der Waals surface area contributed by atoms with Crippen LogP contribution in [0.1, 0.15) is 25.0 Å². The molecule has 74 valence electrons. The van der Waals surface area contributed by atoms with Crippen molar-refractivity contribution >= 4 is 0 Å². The van der Waals surface area contributed by atoms with Crippen LogP contribution in [-0.2, 0) is 13.2 Å². The normalized spacial score (nSPS) is 17.7. The topological polar surface area (TPSA) is 61.8 Å². The van der Waals surface area contributed by atoms with E-state index in [2.05, 4.69) is 11.1 Å². The highest BCUT2D eigenvalue weighted by Crippen LogP contribution is 2.49. The molecular weight excluding hydrogens is 178 g/mol. The quantitative estimate of drug-likeness (QED) is 0.774. The molecule has 0 radical (unpaired) electrons. The second kappa shape index (κ2) is 3.43. The summed E-state index contributed by atoms with van der Waals surface area (Å²) in [6, 6.07) is 2.23. The smallest absolute Gasteiger partial charge is 0.0950 e. The van der Waals surface area contributed by atoms with E-state index in [1.165, 1.54) is 0 Å². The summed E-state index contributed by atoms with van der Waals surface area (Å²) in [4.78, 5) is 4.04. The van der Waals surface area contributed by atoms with E-state index in [1.54, 1.807) is 6.33 Å². The number of nitrogens with zero attached hydrogens (tertiary/aromatic N) is 3. The molecule has 1 heterocycles. The Bertz CT molecular complexity index is 360. The Balaban J connectivity index is 2.01. The molecule has 0 unspecified atom stereocenters. The van der Waals surface area contributed by atoms with Crippen molar-refractivity contribution in [3.05, 3.63) is 18.2 Å². The van der Waals surface area contributed by atoms with Crippen LogP contribution in [0.3, 0.4) is 0 Å². The van der Waals surface area contributed by atoms with Crippen molar-refractivity contribution in [1.29, 1.82) is 5.26 Å². The largest absolute Gasteiger partial charge is 0.390 e. The van der Waals surface area contributed by atoms with Gasteiger partial charge in [-0.1, -0.05) is 0 Å². The Hall–Kier alpha value is -1.34. The molecule has 14 heavy (non-hydrogen) atoms. The minimum absolute atomic E-state index is 0.0156. The van der Waals surface area contributed by atoms with E-state index in [4.69, 9.17) is 10.4 Å². The molecular formula is C10H13N3O.